The second kappa shape index (κ2) is 6.34. The van der Waals surface area contributed by atoms with Crippen molar-refractivity contribution in [3.8, 4) is 0 Å². The van der Waals surface area contributed by atoms with Gasteiger partial charge in [-0.1, -0.05) is 23.7 Å². The standard InChI is InChI=1S/C16H22ClN3O/c1-19(14-5-6-14)16(21)11-20-8-7-18-10-15(20)12-3-2-4-13(17)9-12/h2-4,9,14-15,18H,5-8,10-11H2,1H3. The Labute approximate surface area is 131 Å². The highest BCUT2D eigenvalue weighted by molar-refractivity contribution is 6.30. The number of rotatable bonds is 4. The van der Waals surface area contributed by atoms with Crippen molar-refractivity contribution in [2.45, 2.75) is 24.9 Å². The van der Waals surface area contributed by atoms with Crippen molar-refractivity contribution in [2.75, 3.05) is 33.2 Å². The minimum Gasteiger partial charge on any atom is -0.342 e. The number of benzene rings is 1. The molecular formula is C16H22ClN3O. The summed E-state index contributed by atoms with van der Waals surface area (Å²) >= 11 is 6.10. The number of piperazine rings is 1. The van der Waals surface area contributed by atoms with E-state index in [0.29, 0.717) is 12.6 Å². The van der Waals surface area contributed by atoms with Crippen LogP contribution in [-0.4, -0.2) is 55.0 Å². The van der Waals surface area contributed by atoms with E-state index in [-0.39, 0.29) is 11.9 Å². The van der Waals surface area contributed by atoms with Crippen LogP contribution in [-0.2, 0) is 4.79 Å². The van der Waals surface area contributed by atoms with Crippen molar-refractivity contribution in [1.29, 1.82) is 0 Å². The minimum atomic E-state index is 0.217. The zero-order chi connectivity index (χ0) is 14.8. The second-order valence-electron chi connectivity index (χ2n) is 5.98. The maximum absolute atomic E-state index is 12.4. The fraction of sp³-hybridized carbons (Fsp3) is 0.562. The first-order valence-electron chi connectivity index (χ1n) is 7.61. The summed E-state index contributed by atoms with van der Waals surface area (Å²) in [6, 6.07) is 8.65. The van der Waals surface area contributed by atoms with Gasteiger partial charge < -0.3 is 10.2 Å². The highest BCUT2D eigenvalue weighted by atomic mass is 35.5. The molecule has 2 fully saturated rings. The van der Waals surface area contributed by atoms with Crippen LogP contribution in [0.3, 0.4) is 0 Å². The van der Waals surface area contributed by atoms with Crippen molar-refractivity contribution >= 4 is 17.5 Å². The van der Waals surface area contributed by atoms with Gasteiger partial charge in [-0.25, -0.2) is 0 Å². The van der Waals surface area contributed by atoms with Crippen LogP contribution >= 0.6 is 11.6 Å². The monoisotopic (exact) mass is 307 g/mol. The normalized spacial score (nSPS) is 23.0. The molecule has 1 saturated heterocycles. The number of amides is 1. The molecule has 0 radical (unpaired) electrons. The lowest BCUT2D eigenvalue weighted by molar-refractivity contribution is -0.132. The molecule has 2 aliphatic rings. The van der Waals surface area contributed by atoms with E-state index in [2.05, 4.69) is 16.3 Å². The highest BCUT2D eigenvalue weighted by Crippen LogP contribution is 2.27. The summed E-state index contributed by atoms with van der Waals surface area (Å²) in [5.74, 6) is 0.228. The van der Waals surface area contributed by atoms with Crippen LogP contribution in [0.4, 0.5) is 0 Å². The van der Waals surface area contributed by atoms with Gasteiger partial charge in [0.05, 0.1) is 6.54 Å². The lowest BCUT2D eigenvalue weighted by atomic mass is 10.0. The first-order valence-corrected chi connectivity index (χ1v) is 7.99. The molecule has 0 aromatic heterocycles. The minimum absolute atomic E-state index is 0.217. The Morgan fingerprint density at radius 2 is 2.29 bits per heavy atom. The van der Waals surface area contributed by atoms with Crippen LogP contribution < -0.4 is 5.32 Å². The van der Waals surface area contributed by atoms with Crippen molar-refractivity contribution in [2.24, 2.45) is 0 Å². The average molecular weight is 308 g/mol. The first-order chi connectivity index (χ1) is 10.1. The third-order valence-corrected chi connectivity index (χ3v) is 4.65. The number of hydrogen-bond donors (Lipinski definition) is 1. The summed E-state index contributed by atoms with van der Waals surface area (Å²) in [5.41, 5.74) is 1.18. The SMILES string of the molecule is CN(C(=O)CN1CCNCC1c1cccc(Cl)c1)C1CC1. The molecule has 1 unspecified atom stereocenters. The molecule has 3 rings (SSSR count). The Balaban J connectivity index is 1.70. The number of carbonyl (C=O) groups excluding carboxylic acids is 1. The molecule has 5 heteroatoms. The Bertz CT molecular complexity index is 518. The quantitative estimate of drug-likeness (QED) is 0.923. The largest absolute Gasteiger partial charge is 0.342 e. The van der Waals surface area contributed by atoms with Crippen LogP contribution in [0, 0.1) is 0 Å². The van der Waals surface area contributed by atoms with Gasteiger partial charge in [0.1, 0.15) is 0 Å². The molecule has 1 aliphatic heterocycles. The summed E-state index contributed by atoms with van der Waals surface area (Å²) in [6.07, 6.45) is 2.31. The molecule has 1 aromatic carbocycles. The average Bonchev–Trinajstić information content (AvgIpc) is 3.31. The van der Waals surface area contributed by atoms with Gasteiger partial charge in [0.15, 0.2) is 0 Å². The first kappa shape index (κ1) is 14.8. The lowest BCUT2D eigenvalue weighted by Crippen LogP contribution is -2.50. The van der Waals surface area contributed by atoms with Gasteiger partial charge in [-0.15, -0.1) is 0 Å². The van der Waals surface area contributed by atoms with E-state index in [1.54, 1.807) is 0 Å². The molecule has 1 aromatic rings. The third-order valence-electron chi connectivity index (χ3n) is 4.41. The predicted octanol–water partition coefficient (Wildman–Crippen LogP) is 1.91. The molecule has 0 bridgehead atoms. The van der Waals surface area contributed by atoms with Crippen LogP contribution in [0.25, 0.3) is 0 Å². The summed E-state index contributed by atoms with van der Waals surface area (Å²) in [4.78, 5) is 16.6. The molecule has 4 nitrogen and oxygen atoms in total. The summed E-state index contributed by atoms with van der Waals surface area (Å²) < 4.78 is 0. The van der Waals surface area contributed by atoms with Gasteiger partial charge in [-0.05, 0) is 30.5 Å². The Morgan fingerprint density at radius 3 is 3.00 bits per heavy atom. The summed E-state index contributed by atoms with van der Waals surface area (Å²) in [7, 11) is 1.93. The summed E-state index contributed by atoms with van der Waals surface area (Å²) in [5, 5.41) is 4.16. The van der Waals surface area contributed by atoms with Gasteiger partial charge in [-0.3, -0.25) is 9.69 Å². The third kappa shape index (κ3) is 3.57. The van der Waals surface area contributed by atoms with Crippen LogP contribution in [0.5, 0.6) is 0 Å². The van der Waals surface area contributed by atoms with Crippen LogP contribution in [0.2, 0.25) is 5.02 Å². The molecule has 1 amide bonds. The molecule has 1 atom stereocenters. The number of nitrogens with one attached hydrogen (secondary N) is 1. The van der Waals surface area contributed by atoms with E-state index < -0.39 is 0 Å². The smallest absolute Gasteiger partial charge is 0.236 e. The summed E-state index contributed by atoms with van der Waals surface area (Å²) in [6.45, 7) is 3.17. The van der Waals surface area contributed by atoms with Crippen molar-refractivity contribution in [3.05, 3.63) is 34.9 Å². The van der Waals surface area contributed by atoms with Gasteiger partial charge in [0, 0.05) is 43.8 Å². The maximum Gasteiger partial charge on any atom is 0.236 e. The zero-order valence-corrected chi connectivity index (χ0v) is 13.1. The molecular weight excluding hydrogens is 286 g/mol. The molecule has 0 spiro atoms. The maximum atomic E-state index is 12.4. The number of halogens is 1. The van der Waals surface area contributed by atoms with Gasteiger partial charge in [0.2, 0.25) is 5.91 Å². The molecule has 1 saturated carbocycles. The Hall–Kier alpha value is -1.10. The van der Waals surface area contributed by atoms with E-state index in [1.165, 1.54) is 5.56 Å². The molecule has 114 valence electrons. The number of likely N-dealkylation sites (N-methyl/N-ethyl adjacent to an activating group) is 1. The van der Waals surface area contributed by atoms with E-state index in [9.17, 15) is 4.79 Å². The van der Waals surface area contributed by atoms with E-state index in [0.717, 1.165) is 37.5 Å². The van der Waals surface area contributed by atoms with E-state index >= 15 is 0 Å². The van der Waals surface area contributed by atoms with Gasteiger partial charge in [0.25, 0.3) is 0 Å². The number of nitrogens with zero attached hydrogens (tertiary/aromatic N) is 2. The zero-order valence-electron chi connectivity index (χ0n) is 12.4. The topological polar surface area (TPSA) is 35.6 Å². The van der Waals surface area contributed by atoms with Crippen LogP contribution in [0.1, 0.15) is 24.4 Å². The van der Waals surface area contributed by atoms with Gasteiger partial charge in [-0.2, -0.15) is 0 Å². The Morgan fingerprint density at radius 1 is 1.48 bits per heavy atom. The van der Waals surface area contributed by atoms with Gasteiger partial charge >= 0.3 is 0 Å². The highest BCUT2D eigenvalue weighted by Gasteiger charge is 2.32. The fourth-order valence-electron chi connectivity index (χ4n) is 2.93. The van der Waals surface area contributed by atoms with Crippen molar-refractivity contribution in [3.63, 3.8) is 0 Å². The predicted molar refractivity (Wildman–Crippen MR) is 84.4 cm³/mol. The molecule has 1 heterocycles. The van der Waals surface area contributed by atoms with Crippen molar-refractivity contribution < 1.29 is 4.79 Å². The fourth-order valence-corrected chi connectivity index (χ4v) is 3.13. The molecule has 1 aliphatic carbocycles. The van der Waals surface area contributed by atoms with Crippen LogP contribution in [0.15, 0.2) is 24.3 Å². The molecule has 1 N–H and O–H groups in total. The second-order valence-corrected chi connectivity index (χ2v) is 6.42. The number of hydrogen-bond acceptors (Lipinski definition) is 3. The molecule has 21 heavy (non-hydrogen) atoms. The van der Waals surface area contributed by atoms with Crippen molar-refractivity contribution in [1.82, 2.24) is 15.1 Å². The van der Waals surface area contributed by atoms with E-state index in [1.807, 2.05) is 30.1 Å². The Kier molecular flexibility index (Phi) is 4.48. The van der Waals surface area contributed by atoms with E-state index in [4.69, 9.17) is 11.6 Å². The number of carbonyl (C=O) groups is 1. The lowest BCUT2D eigenvalue weighted by Gasteiger charge is -2.37.